The summed E-state index contributed by atoms with van der Waals surface area (Å²) in [5.41, 5.74) is 0.952. The van der Waals surface area contributed by atoms with E-state index >= 15 is 0 Å². The summed E-state index contributed by atoms with van der Waals surface area (Å²) >= 11 is 0. The van der Waals surface area contributed by atoms with Gasteiger partial charge in [-0.3, -0.25) is 9.59 Å². The van der Waals surface area contributed by atoms with Crippen LogP contribution in [0.15, 0.2) is 30.3 Å². The number of carbonyl (C=O) groups is 2. The van der Waals surface area contributed by atoms with Crippen LogP contribution < -0.4 is 0 Å². The number of benzene rings is 1. The van der Waals surface area contributed by atoms with Crippen molar-refractivity contribution in [3.05, 3.63) is 35.9 Å². The standard InChI is InChI=1S/C21H33NO5/c1-17(23)12-14-22(15-13-18(2)24)20(25)10-6-7-11-21(26)27-16-19-8-4-3-5-9-19/h3-5,8-9,17-18,23-24H,6-7,10-16H2,1-2H3. The topological polar surface area (TPSA) is 87.1 Å². The first-order valence-corrected chi connectivity index (χ1v) is 9.72. The molecule has 6 heteroatoms. The van der Waals surface area contributed by atoms with Crippen molar-refractivity contribution in [2.24, 2.45) is 0 Å². The SMILES string of the molecule is CC(O)CCN(CCC(C)O)C(=O)CCCCC(=O)OCc1ccccc1. The van der Waals surface area contributed by atoms with Crippen molar-refractivity contribution in [1.82, 2.24) is 4.90 Å². The number of hydrogen-bond acceptors (Lipinski definition) is 5. The van der Waals surface area contributed by atoms with Gasteiger partial charge in [0.2, 0.25) is 5.91 Å². The van der Waals surface area contributed by atoms with Gasteiger partial charge in [0.25, 0.3) is 0 Å². The molecule has 0 aromatic heterocycles. The molecule has 1 amide bonds. The third kappa shape index (κ3) is 11.4. The second-order valence-electron chi connectivity index (χ2n) is 7.01. The Bertz CT molecular complexity index is 533. The highest BCUT2D eigenvalue weighted by Crippen LogP contribution is 2.09. The predicted octanol–water partition coefficient (Wildman–Crippen LogP) is 2.66. The fourth-order valence-corrected chi connectivity index (χ4v) is 2.56. The van der Waals surface area contributed by atoms with E-state index in [1.165, 1.54) is 0 Å². The van der Waals surface area contributed by atoms with Crippen molar-refractivity contribution < 1.29 is 24.5 Å². The van der Waals surface area contributed by atoms with E-state index in [1.54, 1.807) is 18.7 Å². The van der Waals surface area contributed by atoms with E-state index in [1.807, 2.05) is 30.3 Å². The summed E-state index contributed by atoms with van der Waals surface area (Å²) in [5, 5.41) is 18.9. The molecule has 1 aromatic rings. The molecule has 0 aliphatic heterocycles. The normalized spacial score (nSPS) is 13.0. The van der Waals surface area contributed by atoms with Gasteiger partial charge in [-0.1, -0.05) is 30.3 Å². The number of unbranched alkanes of at least 4 members (excludes halogenated alkanes) is 1. The maximum absolute atomic E-state index is 12.4. The number of aliphatic hydroxyl groups is 2. The van der Waals surface area contributed by atoms with Crippen molar-refractivity contribution >= 4 is 11.9 Å². The summed E-state index contributed by atoms with van der Waals surface area (Å²) in [5.74, 6) is -0.264. The Hall–Kier alpha value is -1.92. The monoisotopic (exact) mass is 379 g/mol. The number of carbonyl (C=O) groups excluding carboxylic acids is 2. The predicted molar refractivity (Wildman–Crippen MR) is 104 cm³/mol. The number of esters is 1. The zero-order valence-electron chi connectivity index (χ0n) is 16.5. The van der Waals surface area contributed by atoms with Gasteiger partial charge >= 0.3 is 5.97 Å². The molecular formula is C21H33NO5. The van der Waals surface area contributed by atoms with Crippen molar-refractivity contribution in [2.75, 3.05) is 13.1 Å². The minimum Gasteiger partial charge on any atom is -0.461 e. The van der Waals surface area contributed by atoms with Crippen molar-refractivity contribution in [3.8, 4) is 0 Å². The lowest BCUT2D eigenvalue weighted by atomic mass is 10.1. The summed E-state index contributed by atoms with van der Waals surface area (Å²) in [7, 11) is 0. The number of nitrogens with zero attached hydrogens (tertiary/aromatic N) is 1. The molecule has 0 aliphatic carbocycles. The van der Waals surface area contributed by atoms with Crippen LogP contribution in [0.2, 0.25) is 0 Å². The summed E-state index contributed by atoms with van der Waals surface area (Å²) in [6, 6.07) is 9.52. The van der Waals surface area contributed by atoms with Crippen LogP contribution in [-0.2, 0) is 20.9 Å². The Labute approximate surface area is 162 Å². The largest absolute Gasteiger partial charge is 0.461 e. The molecule has 0 fully saturated rings. The first kappa shape index (κ1) is 23.1. The lowest BCUT2D eigenvalue weighted by Gasteiger charge is -2.24. The molecule has 1 aromatic carbocycles. The van der Waals surface area contributed by atoms with Crippen LogP contribution in [0.25, 0.3) is 0 Å². The number of amides is 1. The smallest absolute Gasteiger partial charge is 0.306 e. The molecule has 0 saturated heterocycles. The Morgan fingerprint density at radius 3 is 2.07 bits per heavy atom. The van der Waals surface area contributed by atoms with Gasteiger partial charge in [0, 0.05) is 25.9 Å². The summed E-state index contributed by atoms with van der Waals surface area (Å²) in [6.45, 7) is 4.60. The van der Waals surface area contributed by atoms with Gasteiger partial charge in [-0.25, -0.2) is 0 Å². The number of aliphatic hydroxyl groups excluding tert-OH is 2. The quantitative estimate of drug-likeness (QED) is 0.406. The Kier molecular flexibility index (Phi) is 11.4. The maximum Gasteiger partial charge on any atom is 0.306 e. The average Bonchev–Trinajstić information content (AvgIpc) is 2.63. The van der Waals surface area contributed by atoms with Gasteiger partial charge in [-0.15, -0.1) is 0 Å². The fraction of sp³-hybridized carbons (Fsp3) is 0.619. The van der Waals surface area contributed by atoms with E-state index in [0.29, 0.717) is 51.6 Å². The molecule has 2 atom stereocenters. The molecule has 2 N–H and O–H groups in total. The molecule has 0 bridgehead atoms. The lowest BCUT2D eigenvalue weighted by molar-refractivity contribution is -0.145. The van der Waals surface area contributed by atoms with Crippen molar-refractivity contribution in [2.45, 2.75) is 71.2 Å². The Balaban J connectivity index is 2.25. The summed E-state index contributed by atoms with van der Waals surface area (Å²) in [4.78, 5) is 25.8. The summed E-state index contributed by atoms with van der Waals surface area (Å²) < 4.78 is 5.22. The molecule has 0 radical (unpaired) electrons. The van der Waals surface area contributed by atoms with Crippen LogP contribution >= 0.6 is 0 Å². The van der Waals surface area contributed by atoms with Gasteiger partial charge < -0.3 is 19.8 Å². The first-order chi connectivity index (χ1) is 12.9. The number of rotatable bonds is 13. The highest BCUT2D eigenvalue weighted by Gasteiger charge is 2.15. The van der Waals surface area contributed by atoms with Crippen molar-refractivity contribution in [3.63, 3.8) is 0 Å². The van der Waals surface area contributed by atoms with E-state index in [9.17, 15) is 19.8 Å². The highest BCUT2D eigenvalue weighted by atomic mass is 16.5. The zero-order valence-corrected chi connectivity index (χ0v) is 16.5. The molecule has 2 unspecified atom stereocenters. The minimum absolute atomic E-state index is 0.00560. The third-order valence-electron chi connectivity index (χ3n) is 4.25. The number of ether oxygens (including phenoxy) is 1. The van der Waals surface area contributed by atoms with E-state index in [-0.39, 0.29) is 18.5 Å². The van der Waals surface area contributed by atoms with Gasteiger partial charge in [0.1, 0.15) is 6.61 Å². The molecule has 6 nitrogen and oxygen atoms in total. The maximum atomic E-state index is 12.4. The van der Waals surface area contributed by atoms with E-state index < -0.39 is 12.2 Å². The Morgan fingerprint density at radius 1 is 0.963 bits per heavy atom. The molecule has 1 rings (SSSR count). The zero-order chi connectivity index (χ0) is 20.1. The van der Waals surface area contributed by atoms with Gasteiger partial charge in [0.05, 0.1) is 12.2 Å². The van der Waals surface area contributed by atoms with Crippen LogP contribution in [0.3, 0.4) is 0 Å². The molecule has 0 aliphatic rings. The third-order valence-corrected chi connectivity index (χ3v) is 4.25. The Morgan fingerprint density at radius 2 is 1.52 bits per heavy atom. The lowest BCUT2D eigenvalue weighted by Crippen LogP contribution is -2.35. The molecule has 152 valence electrons. The number of hydrogen-bond donors (Lipinski definition) is 2. The van der Waals surface area contributed by atoms with Crippen LogP contribution in [0.4, 0.5) is 0 Å². The van der Waals surface area contributed by atoms with Gasteiger partial charge in [-0.2, -0.15) is 0 Å². The summed E-state index contributed by atoms with van der Waals surface area (Å²) in [6.07, 6.45) is 1.94. The van der Waals surface area contributed by atoms with Crippen molar-refractivity contribution in [1.29, 1.82) is 0 Å². The second-order valence-corrected chi connectivity index (χ2v) is 7.01. The molecule has 0 heterocycles. The first-order valence-electron chi connectivity index (χ1n) is 9.72. The average molecular weight is 379 g/mol. The minimum atomic E-state index is -0.466. The van der Waals surface area contributed by atoms with E-state index in [2.05, 4.69) is 0 Å². The van der Waals surface area contributed by atoms with Gasteiger partial charge in [-0.05, 0) is 45.1 Å². The highest BCUT2D eigenvalue weighted by molar-refractivity contribution is 5.76. The van der Waals surface area contributed by atoms with E-state index in [4.69, 9.17) is 4.74 Å². The second kappa shape index (κ2) is 13.3. The molecule has 0 saturated carbocycles. The fourth-order valence-electron chi connectivity index (χ4n) is 2.56. The molecular weight excluding hydrogens is 346 g/mol. The van der Waals surface area contributed by atoms with Crippen LogP contribution in [0, 0.1) is 0 Å². The van der Waals surface area contributed by atoms with Crippen LogP contribution in [0.5, 0.6) is 0 Å². The van der Waals surface area contributed by atoms with Gasteiger partial charge in [0.15, 0.2) is 0 Å². The van der Waals surface area contributed by atoms with Crippen LogP contribution in [0.1, 0.15) is 57.9 Å². The van der Waals surface area contributed by atoms with Crippen LogP contribution in [-0.4, -0.2) is 52.3 Å². The molecule has 27 heavy (non-hydrogen) atoms. The van der Waals surface area contributed by atoms with E-state index in [0.717, 1.165) is 5.56 Å². The molecule has 0 spiro atoms.